The number of aromatic nitrogens is 2. The van der Waals surface area contributed by atoms with Crippen molar-refractivity contribution in [2.24, 2.45) is 0 Å². The first-order valence-corrected chi connectivity index (χ1v) is 9.89. The van der Waals surface area contributed by atoms with Crippen LogP contribution in [0.2, 0.25) is 0 Å². The molecule has 0 aliphatic carbocycles. The Bertz CT molecular complexity index is 1010. The second-order valence-electron chi connectivity index (χ2n) is 8.73. The van der Waals surface area contributed by atoms with Crippen molar-refractivity contribution < 1.29 is 5.11 Å². The first-order valence-electron chi connectivity index (χ1n) is 9.89. The summed E-state index contributed by atoms with van der Waals surface area (Å²) in [5.41, 5.74) is 2.83. The summed E-state index contributed by atoms with van der Waals surface area (Å²) in [6.45, 7) is 10.5. The summed E-state index contributed by atoms with van der Waals surface area (Å²) in [7, 11) is 0. The maximum Gasteiger partial charge on any atom is 0.165 e. The number of aromatic hydroxyl groups is 1. The molecule has 0 bridgehead atoms. The van der Waals surface area contributed by atoms with E-state index in [2.05, 4.69) is 56.1 Å². The Labute approximate surface area is 166 Å². The molecular weight excluding hydrogens is 348 g/mol. The summed E-state index contributed by atoms with van der Waals surface area (Å²) in [6, 6.07) is 14.0. The van der Waals surface area contributed by atoms with Gasteiger partial charge in [-0.05, 0) is 63.9 Å². The van der Waals surface area contributed by atoms with Crippen LogP contribution in [0.25, 0.3) is 22.3 Å². The molecule has 0 radical (unpaired) electrons. The zero-order valence-corrected chi connectivity index (χ0v) is 17.0. The van der Waals surface area contributed by atoms with Crippen molar-refractivity contribution in [3.63, 3.8) is 0 Å². The van der Waals surface area contributed by atoms with Gasteiger partial charge in [0.05, 0.1) is 11.1 Å². The lowest BCUT2D eigenvalue weighted by Crippen LogP contribution is -2.45. The van der Waals surface area contributed by atoms with E-state index in [-0.39, 0.29) is 11.3 Å². The molecule has 1 aliphatic rings. The summed E-state index contributed by atoms with van der Waals surface area (Å²) in [4.78, 5) is 12.0. The van der Waals surface area contributed by atoms with Crippen molar-refractivity contribution in [3.05, 3.63) is 48.0 Å². The summed E-state index contributed by atoms with van der Waals surface area (Å²) in [6.07, 6.45) is 1.08. The highest BCUT2D eigenvalue weighted by molar-refractivity contribution is 5.92. The lowest BCUT2D eigenvalue weighted by atomic mass is 10.1. The molecule has 0 spiro atoms. The molecular formula is C23H28N4O. The number of hydrogen-bond acceptors (Lipinski definition) is 5. The number of benzene rings is 2. The molecule has 0 amide bonds. The van der Waals surface area contributed by atoms with Crippen LogP contribution in [0.3, 0.4) is 0 Å². The second-order valence-corrected chi connectivity index (χ2v) is 8.73. The van der Waals surface area contributed by atoms with Crippen LogP contribution in [0.15, 0.2) is 42.5 Å². The van der Waals surface area contributed by atoms with Gasteiger partial charge in [-0.2, -0.15) is 0 Å². The van der Waals surface area contributed by atoms with Crippen molar-refractivity contribution in [2.75, 3.05) is 18.0 Å². The van der Waals surface area contributed by atoms with Gasteiger partial charge in [-0.3, -0.25) is 0 Å². The number of aryl methyl sites for hydroxylation is 1. The van der Waals surface area contributed by atoms with Crippen LogP contribution >= 0.6 is 0 Å². The number of phenolic OH excluding ortho intramolecular Hbond substituents is 1. The van der Waals surface area contributed by atoms with Gasteiger partial charge in [-0.25, -0.2) is 9.97 Å². The van der Waals surface area contributed by atoms with Gasteiger partial charge in [-0.15, -0.1) is 0 Å². The Kier molecular flexibility index (Phi) is 4.71. The maximum atomic E-state index is 10.3. The number of anilines is 1. The molecule has 1 aliphatic heterocycles. The molecule has 2 heterocycles. The van der Waals surface area contributed by atoms with Gasteiger partial charge in [0.1, 0.15) is 11.6 Å². The van der Waals surface area contributed by atoms with Crippen LogP contribution in [0.4, 0.5) is 5.82 Å². The lowest BCUT2D eigenvalue weighted by Gasteiger charge is -2.26. The molecule has 4 rings (SSSR count). The second kappa shape index (κ2) is 7.06. The molecule has 5 nitrogen and oxygen atoms in total. The largest absolute Gasteiger partial charge is 0.507 e. The molecule has 146 valence electrons. The van der Waals surface area contributed by atoms with Crippen LogP contribution < -0.4 is 10.2 Å². The van der Waals surface area contributed by atoms with Crippen LogP contribution in [-0.4, -0.2) is 39.7 Å². The fraction of sp³-hybridized carbons (Fsp3) is 0.391. The van der Waals surface area contributed by atoms with E-state index in [9.17, 15) is 5.11 Å². The van der Waals surface area contributed by atoms with Gasteiger partial charge in [0, 0.05) is 30.1 Å². The Balaban J connectivity index is 1.78. The van der Waals surface area contributed by atoms with Gasteiger partial charge in [0.15, 0.2) is 5.82 Å². The zero-order valence-electron chi connectivity index (χ0n) is 17.0. The first kappa shape index (κ1) is 18.7. The minimum absolute atomic E-state index is 0.0898. The average molecular weight is 377 g/mol. The highest BCUT2D eigenvalue weighted by Gasteiger charge is 2.28. The number of nitrogens with one attached hydrogen (secondary N) is 1. The predicted molar refractivity (Wildman–Crippen MR) is 115 cm³/mol. The van der Waals surface area contributed by atoms with Crippen molar-refractivity contribution in [2.45, 2.75) is 45.7 Å². The minimum atomic E-state index is 0.0898. The summed E-state index contributed by atoms with van der Waals surface area (Å²) >= 11 is 0. The number of fused-ring (bicyclic) bond motifs is 1. The number of nitrogens with zero attached hydrogens (tertiary/aromatic N) is 3. The van der Waals surface area contributed by atoms with Gasteiger partial charge in [0.25, 0.3) is 0 Å². The monoisotopic (exact) mass is 376 g/mol. The summed E-state index contributed by atoms with van der Waals surface area (Å²) < 4.78 is 0. The Hall–Kier alpha value is -2.66. The minimum Gasteiger partial charge on any atom is -0.507 e. The van der Waals surface area contributed by atoms with Gasteiger partial charge >= 0.3 is 0 Å². The quantitative estimate of drug-likeness (QED) is 0.714. The van der Waals surface area contributed by atoms with E-state index < -0.39 is 0 Å². The fourth-order valence-electron chi connectivity index (χ4n) is 3.93. The third-order valence-electron chi connectivity index (χ3n) is 5.10. The maximum absolute atomic E-state index is 10.3. The van der Waals surface area contributed by atoms with E-state index >= 15 is 0 Å². The molecule has 3 aromatic rings. The third kappa shape index (κ3) is 3.80. The molecule has 0 saturated carbocycles. The van der Waals surface area contributed by atoms with Crippen LogP contribution in [-0.2, 0) is 0 Å². The van der Waals surface area contributed by atoms with Gasteiger partial charge in [0.2, 0.25) is 0 Å². The SMILES string of the molecule is Cc1ccc2c(N3CC[C@@H](NC(C)(C)C)C3)nc(-c3ccccc3O)nc2c1. The number of rotatable bonds is 3. The summed E-state index contributed by atoms with van der Waals surface area (Å²) in [5, 5.41) is 15.1. The van der Waals surface area contributed by atoms with Crippen LogP contribution in [0, 0.1) is 6.92 Å². The standard InChI is InChI=1S/C23H28N4O/c1-15-9-10-17-19(13-15)24-21(18-7-5-6-8-20(18)28)25-22(17)27-12-11-16(14-27)26-23(2,3)4/h5-10,13,16,26,28H,11-12,14H2,1-4H3/t16-/m1/s1. The van der Waals surface area contributed by atoms with Crippen LogP contribution in [0.5, 0.6) is 5.75 Å². The highest BCUT2D eigenvalue weighted by Crippen LogP contribution is 2.33. The average Bonchev–Trinajstić information content (AvgIpc) is 3.07. The Morgan fingerprint density at radius 3 is 2.64 bits per heavy atom. The molecule has 2 N–H and O–H groups in total. The predicted octanol–water partition coefficient (Wildman–Crippen LogP) is 4.28. The summed E-state index contributed by atoms with van der Waals surface area (Å²) in [5.74, 6) is 1.72. The highest BCUT2D eigenvalue weighted by atomic mass is 16.3. The zero-order chi connectivity index (χ0) is 19.9. The van der Waals surface area contributed by atoms with E-state index in [1.165, 1.54) is 0 Å². The van der Waals surface area contributed by atoms with Crippen molar-refractivity contribution in [3.8, 4) is 17.1 Å². The van der Waals surface area contributed by atoms with Gasteiger partial charge < -0.3 is 15.3 Å². The molecule has 1 aromatic heterocycles. The Morgan fingerprint density at radius 2 is 1.89 bits per heavy atom. The topological polar surface area (TPSA) is 61.3 Å². The molecule has 5 heteroatoms. The van der Waals surface area contributed by atoms with Gasteiger partial charge in [-0.1, -0.05) is 18.2 Å². The van der Waals surface area contributed by atoms with E-state index in [0.29, 0.717) is 17.4 Å². The normalized spacial score (nSPS) is 17.4. The first-order chi connectivity index (χ1) is 13.3. The van der Waals surface area contributed by atoms with E-state index in [1.54, 1.807) is 6.07 Å². The van der Waals surface area contributed by atoms with Crippen molar-refractivity contribution >= 4 is 16.7 Å². The molecule has 28 heavy (non-hydrogen) atoms. The van der Waals surface area contributed by atoms with Crippen molar-refractivity contribution in [1.29, 1.82) is 0 Å². The smallest absolute Gasteiger partial charge is 0.165 e. The van der Waals surface area contributed by atoms with Crippen molar-refractivity contribution in [1.82, 2.24) is 15.3 Å². The van der Waals surface area contributed by atoms with E-state index in [1.807, 2.05) is 18.2 Å². The molecule has 1 fully saturated rings. The molecule has 1 atom stereocenters. The fourth-order valence-corrected chi connectivity index (χ4v) is 3.93. The molecule has 0 unspecified atom stereocenters. The van der Waals surface area contributed by atoms with Crippen LogP contribution in [0.1, 0.15) is 32.8 Å². The number of phenols is 1. The Morgan fingerprint density at radius 1 is 1.11 bits per heavy atom. The third-order valence-corrected chi connectivity index (χ3v) is 5.10. The molecule has 2 aromatic carbocycles. The lowest BCUT2D eigenvalue weighted by molar-refractivity contribution is 0.373. The number of para-hydroxylation sites is 1. The van der Waals surface area contributed by atoms with E-state index in [0.717, 1.165) is 41.8 Å². The number of hydrogen-bond donors (Lipinski definition) is 2. The van der Waals surface area contributed by atoms with E-state index in [4.69, 9.17) is 9.97 Å². The molecule has 1 saturated heterocycles.